The van der Waals surface area contributed by atoms with E-state index in [0.717, 1.165) is 12.5 Å². The molecular formula is C13H22N2O2. The Hall–Kier alpha value is -0.870. The predicted molar refractivity (Wildman–Crippen MR) is 66.7 cm³/mol. The van der Waals surface area contributed by atoms with Crippen molar-refractivity contribution in [1.82, 2.24) is 10.2 Å². The van der Waals surface area contributed by atoms with Crippen molar-refractivity contribution in [2.75, 3.05) is 32.8 Å². The van der Waals surface area contributed by atoms with Gasteiger partial charge < -0.3 is 15.0 Å². The van der Waals surface area contributed by atoms with Crippen LogP contribution in [0.1, 0.15) is 19.8 Å². The van der Waals surface area contributed by atoms with Crippen LogP contribution < -0.4 is 5.32 Å². The molecule has 3 fully saturated rings. The topological polar surface area (TPSA) is 41.6 Å². The smallest absolute Gasteiger partial charge is 0.334 e. The molecule has 2 bridgehead atoms. The fourth-order valence-electron chi connectivity index (χ4n) is 2.76. The van der Waals surface area contributed by atoms with Gasteiger partial charge in [-0.1, -0.05) is 6.58 Å². The molecule has 1 N–H and O–H groups in total. The van der Waals surface area contributed by atoms with Crippen molar-refractivity contribution in [3.05, 3.63) is 12.2 Å². The van der Waals surface area contributed by atoms with Crippen LogP contribution in [0.2, 0.25) is 0 Å². The lowest BCUT2D eigenvalue weighted by Crippen LogP contribution is -2.56. The maximum absolute atomic E-state index is 11.4. The zero-order valence-corrected chi connectivity index (χ0v) is 10.6. The maximum Gasteiger partial charge on any atom is 0.334 e. The van der Waals surface area contributed by atoms with Crippen LogP contribution in [0.5, 0.6) is 0 Å². The Morgan fingerprint density at radius 2 is 2.18 bits per heavy atom. The monoisotopic (exact) mass is 238 g/mol. The van der Waals surface area contributed by atoms with Gasteiger partial charge in [-0.3, -0.25) is 0 Å². The molecule has 0 spiro atoms. The van der Waals surface area contributed by atoms with E-state index in [1.54, 1.807) is 0 Å². The third-order valence-corrected chi connectivity index (χ3v) is 3.80. The van der Waals surface area contributed by atoms with Crippen molar-refractivity contribution in [3.63, 3.8) is 0 Å². The number of fused-ring (bicyclic) bond motifs is 3. The number of piperidine rings is 3. The lowest BCUT2D eigenvalue weighted by atomic mass is 9.84. The van der Waals surface area contributed by atoms with Gasteiger partial charge in [-0.05, 0) is 38.8 Å². The van der Waals surface area contributed by atoms with Gasteiger partial charge in [-0.15, -0.1) is 0 Å². The predicted octanol–water partition coefficient (Wildman–Crippen LogP) is 0.789. The minimum absolute atomic E-state index is 0.277. The molecule has 0 aromatic rings. The Morgan fingerprint density at radius 1 is 1.47 bits per heavy atom. The first-order valence-electron chi connectivity index (χ1n) is 6.51. The lowest BCUT2D eigenvalue weighted by molar-refractivity contribution is -0.138. The second-order valence-electron chi connectivity index (χ2n) is 4.95. The van der Waals surface area contributed by atoms with Crippen LogP contribution >= 0.6 is 0 Å². The minimum Gasteiger partial charge on any atom is -0.463 e. The Balaban J connectivity index is 1.75. The number of esters is 1. The highest BCUT2D eigenvalue weighted by molar-refractivity contribution is 5.88. The second-order valence-corrected chi connectivity index (χ2v) is 4.95. The molecule has 3 saturated heterocycles. The van der Waals surface area contributed by atoms with Gasteiger partial charge in [0.15, 0.2) is 0 Å². The van der Waals surface area contributed by atoms with Gasteiger partial charge in [0.1, 0.15) is 0 Å². The third kappa shape index (κ3) is 3.07. The first-order chi connectivity index (χ1) is 8.20. The number of rotatable bonds is 5. The van der Waals surface area contributed by atoms with E-state index in [-0.39, 0.29) is 5.97 Å². The van der Waals surface area contributed by atoms with Gasteiger partial charge in [0.2, 0.25) is 0 Å². The van der Waals surface area contributed by atoms with Gasteiger partial charge in [0.25, 0.3) is 0 Å². The third-order valence-electron chi connectivity index (χ3n) is 3.80. The molecule has 1 atom stereocenters. The van der Waals surface area contributed by atoms with Crippen LogP contribution in [0, 0.1) is 5.92 Å². The summed E-state index contributed by atoms with van der Waals surface area (Å²) in [5.41, 5.74) is 0.531. The van der Waals surface area contributed by atoms with Crippen molar-refractivity contribution in [3.8, 4) is 0 Å². The number of carbonyl (C=O) groups excluding carboxylic acids is 1. The van der Waals surface area contributed by atoms with Gasteiger partial charge in [-0.25, -0.2) is 4.79 Å². The maximum atomic E-state index is 11.4. The molecule has 3 rings (SSSR count). The van der Waals surface area contributed by atoms with Crippen LogP contribution in [-0.2, 0) is 9.53 Å². The van der Waals surface area contributed by atoms with E-state index < -0.39 is 0 Å². The summed E-state index contributed by atoms with van der Waals surface area (Å²) in [6, 6.07) is 0.517. The highest BCUT2D eigenvalue weighted by atomic mass is 16.5. The van der Waals surface area contributed by atoms with Crippen molar-refractivity contribution in [2.24, 2.45) is 5.92 Å². The average Bonchev–Trinajstić information content (AvgIpc) is 2.37. The van der Waals surface area contributed by atoms with Gasteiger partial charge in [-0.2, -0.15) is 0 Å². The largest absolute Gasteiger partial charge is 0.463 e. The number of nitrogens with zero attached hydrogens (tertiary/aromatic N) is 1. The van der Waals surface area contributed by atoms with E-state index in [1.807, 2.05) is 6.92 Å². The summed E-state index contributed by atoms with van der Waals surface area (Å²) in [7, 11) is 0. The lowest BCUT2D eigenvalue weighted by Gasteiger charge is -2.45. The molecule has 4 heteroatoms. The Kier molecular flexibility index (Phi) is 4.18. The summed E-state index contributed by atoms with van der Waals surface area (Å²) >= 11 is 0. The van der Waals surface area contributed by atoms with Crippen molar-refractivity contribution in [1.29, 1.82) is 0 Å². The van der Waals surface area contributed by atoms with E-state index in [0.29, 0.717) is 24.8 Å². The van der Waals surface area contributed by atoms with Crippen molar-refractivity contribution >= 4 is 5.97 Å². The SMILES string of the molecule is C=C(CNC1CN2CCC1CC2)C(=O)OCC. The zero-order chi connectivity index (χ0) is 12.3. The molecule has 0 amide bonds. The molecule has 1 unspecified atom stereocenters. The Bertz CT molecular complexity index is 296. The standard InChI is InChI=1S/C13H22N2O2/c1-3-17-13(16)10(2)8-14-12-9-15-6-4-11(12)5-7-15/h11-12,14H,2-9H2,1H3. The first kappa shape index (κ1) is 12.6. The van der Waals surface area contributed by atoms with Crippen LogP contribution in [0.4, 0.5) is 0 Å². The molecule has 0 aromatic heterocycles. The average molecular weight is 238 g/mol. The molecule has 96 valence electrons. The van der Waals surface area contributed by atoms with Gasteiger partial charge in [0, 0.05) is 24.7 Å². The number of hydrogen-bond donors (Lipinski definition) is 1. The van der Waals surface area contributed by atoms with Crippen LogP contribution in [0.3, 0.4) is 0 Å². The molecule has 0 radical (unpaired) electrons. The Morgan fingerprint density at radius 3 is 2.71 bits per heavy atom. The molecule has 0 aliphatic carbocycles. The normalized spacial score (nSPS) is 31.2. The molecule has 4 nitrogen and oxygen atoms in total. The van der Waals surface area contributed by atoms with Gasteiger partial charge >= 0.3 is 5.97 Å². The summed E-state index contributed by atoms with van der Waals surface area (Å²) in [6.45, 7) is 10.1. The van der Waals surface area contributed by atoms with Gasteiger partial charge in [0.05, 0.1) is 6.61 Å². The fourth-order valence-corrected chi connectivity index (χ4v) is 2.76. The van der Waals surface area contributed by atoms with E-state index in [9.17, 15) is 4.79 Å². The Labute approximate surface area is 103 Å². The van der Waals surface area contributed by atoms with E-state index in [1.165, 1.54) is 25.9 Å². The summed E-state index contributed by atoms with van der Waals surface area (Å²) < 4.78 is 4.92. The van der Waals surface area contributed by atoms with Crippen molar-refractivity contribution < 1.29 is 9.53 Å². The highest BCUT2D eigenvalue weighted by Gasteiger charge is 2.33. The van der Waals surface area contributed by atoms with E-state index in [4.69, 9.17) is 4.74 Å². The summed E-state index contributed by atoms with van der Waals surface area (Å²) in [6.07, 6.45) is 2.56. The van der Waals surface area contributed by atoms with Crippen molar-refractivity contribution in [2.45, 2.75) is 25.8 Å². The number of hydrogen-bond acceptors (Lipinski definition) is 4. The first-order valence-corrected chi connectivity index (χ1v) is 6.51. The summed E-state index contributed by atoms with van der Waals surface area (Å²) in [5, 5.41) is 3.45. The van der Waals surface area contributed by atoms with Crippen LogP contribution in [0.25, 0.3) is 0 Å². The van der Waals surface area contributed by atoms with E-state index in [2.05, 4.69) is 16.8 Å². The molecule has 3 heterocycles. The quantitative estimate of drug-likeness (QED) is 0.568. The number of ether oxygens (including phenoxy) is 1. The summed E-state index contributed by atoms with van der Waals surface area (Å²) in [5.74, 6) is 0.497. The minimum atomic E-state index is -0.277. The summed E-state index contributed by atoms with van der Waals surface area (Å²) in [4.78, 5) is 13.9. The molecular weight excluding hydrogens is 216 g/mol. The molecule has 3 aliphatic rings. The molecule has 0 aromatic carbocycles. The van der Waals surface area contributed by atoms with Crippen LogP contribution in [-0.4, -0.2) is 49.7 Å². The highest BCUT2D eigenvalue weighted by Crippen LogP contribution is 2.27. The fraction of sp³-hybridized carbons (Fsp3) is 0.769. The number of nitrogens with one attached hydrogen (secondary N) is 1. The molecule has 3 aliphatic heterocycles. The second kappa shape index (κ2) is 5.65. The molecule has 17 heavy (non-hydrogen) atoms. The zero-order valence-electron chi connectivity index (χ0n) is 10.6. The number of carbonyl (C=O) groups is 1. The molecule has 0 saturated carbocycles. The van der Waals surface area contributed by atoms with Crippen LogP contribution in [0.15, 0.2) is 12.2 Å². The van der Waals surface area contributed by atoms with E-state index >= 15 is 0 Å².